The molecular formula is C26H24FN7S. The third-order valence-corrected chi connectivity index (χ3v) is 6.65. The average molecular weight is 486 g/mol. The van der Waals surface area contributed by atoms with Crippen molar-refractivity contribution >= 4 is 33.6 Å². The Morgan fingerprint density at radius 1 is 1.11 bits per heavy atom. The smallest absolute Gasteiger partial charge is 0.176 e. The second-order valence-corrected chi connectivity index (χ2v) is 9.15. The van der Waals surface area contributed by atoms with Crippen molar-refractivity contribution in [3.05, 3.63) is 83.8 Å². The highest BCUT2D eigenvalue weighted by Gasteiger charge is 2.15. The Morgan fingerprint density at radius 3 is 2.77 bits per heavy atom. The molecule has 0 unspecified atom stereocenters. The van der Waals surface area contributed by atoms with Crippen molar-refractivity contribution in [1.29, 1.82) is 0 Å². The summed E-state index contributed by atoms with van der Waals surface area (Å²) in [5.41, 5.74) is 7.56. The number of aromatic nitrogens is 5. The maximum absolute atomic E-state index is 13.6. The molecule has 0 aliphatic rings. The van der Waals surface area contributed by atoms with Crippen molar-refractivity contribution in [3.63, 3.8) is 0 Å². The number of thiophene rings is 1. The van der Waals surface area contributed by atoms with Crippen LogP contribution in [-0.4, -0.2) is 31.7 Å². The molecule has 9 heteroatoms. The molecule has 0 saturated heterocycles. The van der Waals surface area contributed by atoms with Gasteiger partial charge in [-0.25, -0.2) is 0 Å². The highest BCUT2D eigenvalue weighted by atomic mass is 32.1. The standard InChI is InChI=1S/C26H24FN7S/c1-4-28-9-17-7-18(11-29-10-17)21-8-19-23(14-31-21)33-34-26(19)16(3)32-22-13-30-12-20(15(22)2)24-5-6-25(27)35-24/h5-8,10-14,28,32H,3-4,9H2,1-2H3,(H,33,34). The van der Waals surface area contributed by atoms with E-state index in [2.05, 4.69) is 55.4 Å². The van der Waals surface area contributed by atoms with Gasteiger partial charge in [0.25, 0.3) is 0 Å². The molecular weight excluding hydrogens is 461 g/mol. The van der Waals surface area contributed by atoms with E-state index in [4.69, 9.17) is 0 Å². The Morgan fingerprint density at radius 2 is 1.97 bits per heavy atom. The quantitative estimate of drug-likeness (QED) is 0.258. The van der Waals surface area contributed by atoms with Crippen LogP contribution in [0.5, 0.6) is 0 Å². The summed E-state index contributed by atoms with van der Waals surface area (Å²) in [6.45, 7) is 9.91. The van der Waals surface area contributed by atoms with E-state index in [0.29, 0.717) is 11.4 Å². The van der Waals surface area contributed by atoms with Gasteiger partial charge in [-0.15, -0.1) is 11.3 Å². The number of hydrogen-bond acceptors (Lipinski definition) is 7. The number of nitrogens with one attached hydrogen (secondary N) is 3. The van der Waals surface area contributed by atoms with E-state index < -0.39 is 0 Å². The maximum Gasteiger partial charge on any atom is 0.176 e. The molecule has 7 nitrogen and oxygen atoms in total. The van der Waals surface area contributed by atoms with Gasteiger partial charge in [-0.1, -0.05) is 13.5 Å². The Labute approximate surface area is 206 Å². The number of aromatic amines is 1. The number of pyridine rings is 3. The molecule has 5 heterocycles. The number of halogens is 1. The van der Waals surface area contributed by atoms with Gasteiger partial charge in [0.15, 0.2) is 5.13 Å². The SMILES string of the molecule is C=C(Nc1cncc(-c2ccc(F)s2)c1C)c1n[nH]c2cnc(-c3cncc(CNCC)c3)cc12. The first-order valence-electron chi connectivity index (χ1n) is 11.2. The summed E-state index contributed by atoms with van der Waals surface area (Å²) in [7, 11) is 0. The van der Waals surface area contributed by atoms with Crippen molar-refractivity contribution in [2.75, 3.05) is 11.9 Å². The number of anilines is 1. The van der Waals surface area contributed by atoms with Crippen molar-refractivity contribution in [3.8, 4) is 21.7 Å². The first kappa shape index (κ1) is 22.8. The van der Waals surface area contributed by atoms with Crippen molar-refractivity contribution in [2.45, 2.75) is 20.4 Å². The molecule has 0 atom stereocenters. The number of rotatable bonds is 8. The molecule has 35 heavy (non-hydrogen) atoms. The molecule has 0 fully saturated rings. The van der Waals surface area contributed by atoms with Gasteiger partial charge in [0.1, 0.15) is 5.69 Å². The highest BCUT2D eigenvalue weighted by Crippen LogP contribution is 2.34. The summed E-state index contributed by atoms with van der Waals surface area (Å²) in [5.74, 6) is 0. The minimum Gasteiger partial charge on any atom is -0.353 e. The average Bonchev–Trinajstić information content (AvgIpc) is 3.50. The lowest BCUT2D eigenvalue weighted by Crippen LogP contribution is -2.11. The van der Waals surface area contributed by atoms with E-state index >= 15 is 0 Å². The van der Waals surface area contributed by atoms with Crippen molar-refractivity contribution in [1.82, 2.24) is 30.5 Å². The van der Waals surface area contributed by atoms with Crippen molar-refractivity contribution < 1.29 is 4.39 Å². The number of hydrogen-bond donors (Lipinski definition) is 3. The molecule has 0 aliphatic heterocycles. The topological polar surface area (TPSA) is 91.4 Å². The van der Waals surface area contributed by atoms with Crippen molar-refractivity contribution in [2.24, 2.45) is 0 Å². The van der Waals surface area contributed by atoms with E-state index in [9.17, 15) is 4.39 Å². The van der Waals surface area contributed by atoms with Gasteiger partial charge in [-0.2, -0.15) is 9.49 Å². The van der Waals surface area contributed by atoms with E-state index in [1.807, 2.05) is 25.4 Å². The number of H-pyrrole nitrogens is 1. The fourth-order valence-corrected chi connectivity index (χ4v) is 4.68. The summed E-state index contributed by atoms with van der Waals surface area (Å²) in [4.78, 5) is 14.1. The Hall–Kier alpha value is -3.95. The lowest BCUT2D eigenvalue weighted by atomic mass is 10.1. The summed E-state index contributed by atoms with van der Waals surface area (Å²) in [6.07, 6.45) is 8.91. The molecule has 5 aromatic heterocycles. The molecule has 0 spiro atoms. The summed E-state index contributed by atoms with van der Waals surface area (Å²) >= 11 is 1.10. The largest absolute Gasteiger partial charge is 0.353 e. The zero-order chi connectivity index (χ0) is 24.4. The zero-order valence-electron chi connectivity index (χ0n) is 19.4. The molecule has 0 radical (unpaired) electrons. The lowest BCUT2D eigenvalue weighted by Gasteiger charge is -2.13. The molecule has 176 valence electrons. The van der Waals surface area contributed by atoms with Gasteiger partial charge in [-0.3, -0.25) is 20.1 Å². The van der Waals surface area contributed by atoms with E-state index in [-0.39, 0.29) is 5.13 Å². The minimum absolute atomic E-state index is 0.225. The van der Waals surface area contributed by atoms with E-state index in [1.54, 1.807) is 24.7 Å². The van der Waals surface area contributed by atoms with Crippen LogP contribution in [0.1, 0.15) is 23.7 Å². The Balaban J connectivity index is 1.44. The molecule has 0 aliphatic carbocycles. The molecule has 0 amide bonds. The van der Waals surface area contributed by atoms with Crippen LogP contribution in [0.2, 0.25) is 0 Å². The summed E-state index contributed by atoms with van der Waals surface area (Å²) < 4.78 is 13.6. The lowest BCUT2D eigenvalue weighted by molar-refractivity contribution is 0.657. The fraction of sp³-hybridized carbons (Fsp3) is 0.154. The van der Waals surface area contributed by atoms with Crippen LogP contribution >= 0.6 is 11.3 Å². The van der Waals surface area contributed by atoms with Gasteiger partial charge in [0.2, 0.25) is 0 Å². The minimum atomic E-state index is -0.225. The highest BCUT2D eigenvalue weighted by molar-refractivity contribution is 7.13. The third-order valence-electron chi connectivity index (χ3n) is 5.74. The van der Waals surface area contributed by atoms with E-state index in [0.717, 1.165) is 73.8 Å². The number of nitrogens with zero attached hydrogens (tertiary/aromatic N) is 4. The normalized spacial score (nSPS) is 11.2. The fourth-order valence-electron chi connectivity index (χ4n) is 3.88. The van der Waals surface area contributed by atoms with Gasteiger partial charge in [0, 0.05) is 46.5 Å². The van der Waals surface area contributed by atoms with Crippen LogP contribution in [0.15, 0.2) is 61.8 Å². The van der Waals surface area contributed by atoms with Crippen LogP contribution in [-0.2, 0) is 6.54 Å². The predicted octanol–water partition coefficient (Wildman–Crippen LogP) is 5.78. The molecule has 3 N–H and O–H groups in total. The van der Waals surface area contributed by atoms with Gasteiger partial charge in [0.05, 0.1) is 35.0 Å². The van der Waals surface area contributed by atoms with Crippen LogP contribution < -0.4 is 10.6 Å². The Kier molecular flexibility index (Phi) is 6.35. The predicted molar refractivity (Wildman–Crippen MR) is 139 cm³/mol. The maximum atomic E-state index is 13.6. The summed E-state index contributed by atoms with van der Waals surface area (Å²) in [5, 5.41) is 14.8. The van der Waals surface area contributed by atoms with Crippen LogP contribution in [0, 0.1) is 12.1 Å². The zero-order valence-corrected chi connectivity index (χ0v) is 20.2. The van der Waals surface area contributed by atoms with Gasteiger partial charge >= 0.3 is 0 Å². The van der Waals surface area contributed by atoms with Gasteiger partial charge < -0.3 is 10.6 Å². The molecule has 0 bridgehead atoms. The van der Waals surface area contributed by atoms with E-state index in [1.165, 1.54) is 6.07 Å². The molecule has 0 saturated carbocycles. The third kappa shape index (κ3) is 4.68. The Bertz CT molecular complexity index is 1520. The molecule has 5 aromatic rings. The molecule has 0 aromatic carbocycles. The first-order chi connectivity index (χ1) is 17.0. The second-order valence-electron chi connectivity index (χ2n) is 8.12. The second kappa shape index (κ2) is 9.73. The summed E-state index contributed by atoms with van der Waals surface area (Å²) in [6, 6.07) is 7.31. The monoisotopic (exact) mass is 485 g/mol. The van der Waals surface area contributed by atoms with Crippen LogP contribution in [0.4, 0.5) is 10.1 Å². The number of fused-ring (bicyclic) bond motifs is 1. The van der Waals surface area contributed by atoms with Crippen LogP contribution in [0.3, 0.4) is 0 Å². The van der Waals surface area contributed by atoms with Gasteiger partial charge in [-0.05, 0) is 48.9 Å². The molecule has 5 rings (SSSR count). The van der Waals surface area contributed by atoms with Crippen LogP contribution in [0.25, 0.3) is 38.3 Å². The first-order valence-corrected chi connectivity index (χ1v) is 12.0.